The van der Waals surface area contributed by atoms with Crippen LogP contribution in [-0.2, 0) is 29.1 Å². The van der Waals surface area contributed by atoms with Crippen LogP contribution >= 0.6 is 22.6 Å². The molecule has 3 aromatic rings. The molecule has 0 unspecified atom stereocenters. The smallest absolute Gasteiger partial charge is 0.331 e. The van der Waals surface area contributed by atoms with Gasteiger partial charge in [0.15, 0.2) is 11.5 Å². The fourth-order valence-corrected chi connectivity index (χ4v) is 3.75. The molecule has 0 aliphatic carbocycles. The number of nitrogens with zero attached hydrogens (tertiary/aromatic N) is 1. The first-order chi connectivity index (χ1) is 14.6. The zero-order valence-electron chi connectivity index (χ0n) is 17.0. The second-order valence-corrected chi connectivity index (χ2v) is 7.76. The summed E-state index contributed by atoms with van der Waals surface area (Å²) in [5.74, 6) is 1.09. The lowest BCUT2D eigenvalue weighted by molar-refractivity contribution is -0.138. The Kier molecular flexibility index (Phi) is 7.96. The fraction of sp³-hybridized carbons (Fsp3) is 0.208. The first-order valence-corrected chi connectivity index (χ1v) is 10.6. The number of rotatable bonds is 9. The lowest BCUT2D eigenvalue weighted by Gasteiger charge is -2.13. The average Bonchev–Trinajstić information content (AvgIpc) is 3.23. The van der Waals surface area contributed by atoms with Gasteiger partial charge in [0.1, 0.15) is 6.61 Å². The molecule has 0 fully saturated rings. The molecule has 0 N–H and O–H groups in total. The number of ether oxygens (including phenoxy) is 3. The van der Waals surface area contributed by atoms with E-state index in [9.17, 15) is 4.79 Å². The lowest BCUT2D eigenvalue weighted by Crippen LogP contribution is -2.05. The predicted octanol–water partition coefficient (Wildman–Crippen LogP) is 5.11. The molecule has 0 spiro atoms. The van der Waals surface area contributed by atoms with Crippen molar-refractivity contribution in [3.8, 4) is 11.5 Å². The van der Waals surface area contributed by atoms with Crippen molar-refractivity contribution in [2.24, 2.45) is 0 Å². The van der Waals surface area contributed by atoms with Crippen molar-refractivity contribution < 1.29 is 19.0 Å². The Labute approximate surface area is 190 Å². The monoisotopic (exact) mass is 517 g/mol. The van der Waals surface area contributed by atoms with Crippen molar-refractivity contribution in [2.45, 2.75) is 19.6 Å². The third-order valence-corrected chi connectivity index (χ3v) is 5.66. The molecule has 2 aromatic carbocycles. The van der Waals surface area contributed by atoms with E-state index < -0.39 is 0 Å². The van der Waals surface area contributed by atoms with Crippen LogP contribution < -0.4 is 9.47 Å². The molecule has 0 radical (unpaired) electrons. The summed E-state index contributed by atoms with van der Waals surface area (Å²) in [6.07, 6.45) is 6.08. The largest absolute Gasteiger partial charge is 0.493 e. The zero-order valence-corrected chi connectivity index (χ0v) is 19.2. The molecule has 3 rings (SSSR count). The number of carbonyl (C=O) groups is 1. The van der Waals surface area contributed by atoms with Gasteiger partial charge in [-0.1, -0.05) is 30.3 Å². The van der Waals surface area contributed by atoms with E-state index in [0.29, 0.717) is 0 Å². The quantitative estimate of drug-likeness (QED) is 0.225. The van der Waals surface area contributed by atoms with Gasteiger partial charge in [-0.25, -0.2) is 4.79 Å². The highest BCUT2D eigenvalue weighted by atomic mass is 127. The number of halogens is 1. The molecule has 0 atom stereocenters. The Hall–Kier alpha value is -2.74. The summed E-state index contributed by atoms with van der Waals surface area (Å²) < 4.78 is 19.3. The number of benzene rings is 2. The second-order valence-electron chi connectivity index (χ2n) is 6.60. The van der Waals surface area contributed by atoms with Crippen LogP contribution in [0.2, 0.25) is 0 Å². The number of aryl methyl sites for hydroxylation is 2. The van der Waals surface area contributed by atoms with E-state index in [1.807, 2.05) is 60.8 Å². The van der Waals surface area contributed by atoms with Crippen LogP contribution in [0.1, 0.15) is 16.8 Å². The molecule has 0 aliphatic heterocycles. The van der Waals surface area contributed by atoms with E-state index in [1.165, 1.54) is 11.6 Å². The van der Waals surface area contributed by atoms with E-state index in [-0.39, 0.29) is 12.6 Å². The van der Waals surface area contributed by atoms with Crippen LogP contribution in [0.5, 0.6) is 11.5 Å². The van der Waals surface area contributed by atoms with Gasteiger partial charge < -0.3 is 18.8 Å². The van der Waals surface area contributed by atoms with E-state index in [0.717, 1.165) is 39.3 Å². The van der Waals surface area contributed by atoms with Gasteiger partial charge in [-0.3, -0.25) is 0 Å². The van der Waals surface area contributed by atoms with Gasteiger partial charge in [-0.05, 0) is 70.5 Å². The molecular formula is C24H24INO4. The van der Waals surface area contributed by atoms with Crippen LogP contribution in [0, 0.1) is 3.57 Å². The number of hydrogen-bond donors (Lipinski definition) is 0. The van der Waals surface area contributed by atoms with Crippen LogP contribution in [0.25, 0.3) is 6.08 Å². The summed E-state index contributed by atoms with van der Waals surface area (Å²) in [6.45, 7) is 1.04. The standard InChI is InChI=1S/C24H24INO4/c1-28-22-15-19(21(25)16-23(22)29-2)12-14-26-13-6-9-20(26)10-11-24(27)30-17-18-7-4-3-5-8-18/h3-11,13,15-16H,12,14,17H2,1-2H3/b11-10+. The molecular weight excluding hydrogens is 493 g/mol. The van der Waals surface area contributed by atoms with Gasteiger partial charge in [0.05, 0.1) is 14.2 Å². The molecule has 0 bridgehead atoms. The summed E-state index contributed by atoms with van der Waals surface area (Å²) in [5.41, 5.74) is 3.09. The number of carbonyl (C=O) groups excluding carboxylic acids is 1. The number of esters is 1. The van der Waals surface area contributed by atoms with Crippen molar-refractivity contribution in [1.82, 2.24) is 4.57 Å². The Morgan fingerprint density at radius 3 is 2.50 bits per heavy atom. The van der Waals surface area contributed by atoms with Crippen LogP contribution in [0.4, 0.5) is 0 Å². The zero-order chi connectivity index (χ0) is 21.3. The fourth-order valence-electron chi connectivity index (χ4n) is 3.04. The Balaban J connectivity index is 1.60. The molecule has 156 valence electrons. The Bertz CT molecular complexity index is 1010. The predicted molar refractivity (Wildman–Crippen MR) is 126 cm³/mol. The van der Waals surface area contributed by atoms with E-state index in [4.69, 9.17) is 14.2 Å². The van der Waals surface area contributed by atoms with Gasteiger partial charge in [0.25, 0.3) is 0 Å². The summed E-state index contributed by atoms with van der Waals surface area (Å²) in [7, 11) is 3.27. The summed E-state index contributed by atoms with van der Waals surface area (Å²) in [6, 6.07) is 17.6. The van der Waals surface area contributed by atoms with Gasteiger partial charge in [-0.2, -0.15) is 0 Å². The number of methoxy groups -OCH3 is 2. The third kappa shape index (κ3) is 5.89. The highest BCUT2D eigenvalue weighted by Crippen LogP contribution is 2.31. The van der Waals surface area contributed by atoms with Gasteiger partial charge in [0, 0.05) is 28.1 Å². The SMILES string of the molecule is COc1cc(I)c(CCn2cccc2/C=C/C(=O)OCc2ccccc2)cc1OC. The maximum atomic E-state index is 12.0. The molecule has 0 amide bonds. The van der Waals surface area contributed by atoms with Crippen LogP contribution in [0.15, 0.2) is 66.9 Å². The number of hydrogen-bond acceptors (Lipinski definition) is 4. The summed E-state index contributed by atoms with van der Waals surface area (Å²) in [5, 5.41) is 0. The highest BCUT2D eigenvalue weighted by Gasteiger charge is 2.10. The summed E-state index contributed by atoms with van der Waals surface area (Å²) in [4.78, 5) is 12.0. The molecule has 6 heteroatoms. The molecule has 1 heterocycles. The van der Waals surface area contributed by atoms with Crippen molar-refractivity contribution in [3.63, 3.8) is 0 Å². The number of aromatic nitrogens is 1. The van der Waals surface area contributed by atoms with Crippen molar-refractivity contribution in [1.29, 1.82) is 0 Å². The Morgan fingerprint density at radius 2 is 1.77 bits per heavy atom. The third-order valence-electron chi connectivity index (χ3n) is 4.65. The lowest BCUT2D eigenvalue weighted by atomic mass is 10.1. The minimum Gasteiger partial charge on any atom is -0.493 e. The van der Waals surface area contributed by atoms with Gasteiger partial charge in [0.2, 0.25) is 0 Å². The molecule has 30 heavy (non-hydrogen) atoms. The molecule has 5 nitrogen and oxygen atoms in total. The second kappa shape index (κ2) is 10.9. The maximum Gasteiger partial charge on any atom is 0.331 e. The topological polar surface area (TPSA) is 49.7 Å². The Morgan fingerprint density at radius 1 is 1.03 bits per heavy atom. The molecule has 0 saturated carbocycles. The van der Waals surface area contributed by atoms with Crippen molar-refractivity contribution in [3.05, 3.63) is 87.3 Å². The van der Waals surface area contributed by atoms with E-state index >= 15 is 0 Å². The molecule has 0 aliphatic rings. The normalized spacial score (nSPS) is 10.9. The van der Waals surface area contributed by atoms with Crippen LogP contribution in [-0.4, -0.2) is 24.8 Å². The van der Waals surface area contributed by atoms with Crippen LogP contribution in [0.3, 0.4) is 0 Å². The van der Waals surface area contributed by atoms with E-state index in [2.05, 4.69) is 27.2 Å². The highest BCUT2D eigenvalue weighted by molar-refractivity contribution is 14.1. The van der Waals surface area contributed by atoms with Crippen molar-refractivity contribution in [2.75, 3.05) is 14.2 Å². The minimum absolute atomic E-state index is 0.267. The minimum atomic E-state index is -0.360. The molecule has 1 aromatic heterocycles. The van der Waals surface area contributed by atoms with Gasteiger partial charge in [-0.15, -0.1) is 0 Å². The average molecular weight is 517 g/mol. The maximum absolute atomic E-state index is 12.0. The van der Waals surface area contributed by atoms with E-state index in [1.54, 1.807) is 20.3 Å². The summed E-state index contributed by atoms with van der Waals surface area (Å²) >= 11 is 2.31. The molecule has 0 saturated heterocycles. The van der Waals surface area contributed by atoms with Gasteiger partial charge >= 0.3 is 5.97 Å². The van der Waals surface area contributed by atoms with Crippen molar-refractivity contribution >= 4 is 34.6 Å². The first-order valence-electron chi connectivity index (χ1n) is 9.55. The first kappa shape index (κ1) is 22.0.